The molecule has 1 heterocycles. The van der Waals surface area contributed by atoms with Crippen LogP contribution in [-0.4, -0.2) is 39.3 Å². The number of fused-ring (bicyclic) bond motifs is 1. The van der Waals surface area contributed by atoms with Gasteiger partial charge in [-0.2, -0.15) is 0 Å². The zero-order valence-corrected chi connectivity index (χ0v) is 13.1. The molecule has 0 atom stereocenters. The molecule has 2 fully saturated rings. The largest absolute Gasteiger partial charge is 0.371 e. The Labute approximate surface area is 128 Å². The van der Waals surface area contributed by atoms with E-state index in [0.717, 1.165) is 44.1 Å². The third-order valence-corrected chi connectivity index (χ3v) is 5.36. The van der Waals surface area contributed by atoms with Gasteiger partial charge in [0, 0.05) is 39.3 Å². The molecule has 0 unspecified atom stereocenters. The van der Waals surface area contributed by atoms with Crippen molar-refractivity contribution in [2.75, 3.05) is 43.0 Å². The lowest BCUT2D eigenvalue weighted by Crippen LogP contribution is -2.44. The Hall–Kier alpha value is -1.22. The highest BCUT2D eigenvalue weighted by atomic mass is 15.3. The molecule has 0 aromatic heterocycles. The van der Waals surface area contributed by atoms with Crippen molar-refractivity contribution in [1.29, 1.82) is 0 Å². The van der Waals surface area contributed by atoms with E-state index in [1.54, 1.807) is 0 Å². The second-order valence-electron chi connectivity index (χ2n) is 7.05. The standard InChI is InChI=1S/C18H27N3/c1-20-12-13-21(17-5-3-2-4-16(17)20)11-10-19-18(14-6-7-14)15-8-9-15/h2-5,14-15,18-19H,6-13H2,1H3. The van der Waals surface area contributed by atoms with Crippen molar-refractivity contribution in [3.8, 4) is 0 Å². The van der Waals surface area contributed by atoms with Crippen LogP contribution in [0.1, 0.15) is 25.7 Å². The number of para-hydroxylation sites is 2. The van der Waals surface area contributed by atoms with Crippen molar-refractivity contribution >= 4 is 11.4 Å². The average Bonchev–Trinajstić information content (AvgIpc) is 3.39. The maximum atomic E-state index is 3.88. The summed E-state index contributed by atoms with van der Waals surface area (Å²) in [5.41, 5.74) is 2.78. The molecule has 114 valence electrons. The third kappa shape index (κ3) is 2.89. The fourth-order valence-corrected chi connectivity index (χ4v) is 3.79. The number of nitrogens with one attached hydrogen (secondary N) is 1. The number of nitrogens with zero attached hydrogens (tertiary/aromatic N) is 2. The summed E-state index contributed by atoms with van der Waals surface area (Å²) in [6, 6.07) is 9.65. The van der Waals surface area contributed by atoms with Crippen molar-refractivity contribution in [3.05, 3.63) is 24.3 Å². The Morgan fingerprint density at radius 1 is 1.05 bits per heavy atom. The van der Waals surface area contributed by atoms with E-state index in [0.29, 0.717) is 0 Å². The second kappa shape index (κ2) is 5.53. The van der Waals surface area contributed by atoms with Crippen LogP contribution in [0.3, 0.4) is 0 Å². The summed E-state index contributed by atoms with van der Waals surface area (Å²) >= 11 is 0. The second-order valence-corrected chi connectivity index (χ2v) is 7.05. The summed E-state index contributed by atoms with van der Waals surface area (Å²) in [7, 11) is 2.20. The number of rotatable bonds is 6. The Morgan fingerprint density at radius 3 is 2.38 bits per heavy atom. The van der Waals surface area contributed by atoms with Gasteiger partial charge < -0.3 is 15.1 Å². The molecule has 1 aromatic rings. The van der Waals surface area contributed by atoms with E-state index in [2.05, 4.69) is 46.4 Å². The maximum absolute atomic E-state index is 3.88. The minimum absolute atomic E-state index is 0.827. The third-order valence-electron chi connectivity index (χ3n) is 5.36. The molecule has 21 heavy (non-hydrogen) atoms. The van der Waals surface area contributed by atoms with E-state index in [1.807, 2.05) is 0 Å². The van der Waals surface area contributed by atoms with Gasteiger partial charge >= 0.3 is 0 Å². The Bertz CT molecular complexity index is 481. The molecule has 1 N–H and O–H groups in total. The van der Waals surface area contributed by atoms with Crippen LogP contribution < -0.4 is 15.1 Å². The molecule has 3 heteroatoms. The van der Waals surface area contributed by atoms with Crippen LogP contribution in [-0.2, 0) is 0 Å². The summed E-state index contributed by atoms with van der Waals surface area (Å²) < 4.78 is 0. The first kappa shape index (κ1) is 13.4. The van der Waals surface area contributed by atoms with Crippen molar-refractivity contribution in [2.45, 2.75) is 31.7 Å². The van der Waals surface area contributed by atoms with E-state index in [9.17, 15) is 0 Å². The smallest absolute Gasteiger partial charge is 0.0605 e. The molecule has 2 saturated carbocycles. The zero-order valence-electron chi connectivity index (χ0n) is 13.1. The molecule has 0 radical (unpaired) electrons. The van der Waals surface area contributed by atoms with Crippen LogP contribution in [0.4, 0.5) is 11.4 Å². The van der Waals surface area contributed by atoms with Gasteiger partial charge in [-0.3, -0.25) is 0 Å². The lowest BCUT2D eigenvalue weighted by atomic mass is 10.1. The highest BCUT2D eigenvalue weighted by Gasteiger charge is 2.40. The predicted octanol–water partition coefficient (Wildman–Crippen LogP) is 2.72. The summed E-state index contributed by atoms with van der Waals surface area (Å²) in [5.74, 6) is 1.99. The first-order valence-electron chi connectivity index (χ1n) is 8.61. The van der Waals surface area contributed by atoms with Crippen LogP contribution in [0.2, 0.25) is 0 Å². The van der Waals surface area contributed by atoms with E-state index < -0.39 is 0 Å². The Kier molecular flexibility index (Phi) is 3.54. The van der Waals surface area contributed by atoms with E-state index >= 15 is 0 Å². The van der Waals surface area contributed by atoms with Crippen LogP contribution in [0.25, 0.3) is 0 Å². The average molecular weight is 285 g/mol. The van der Waals surface area contributed by atoms with Crippen molar-refractivity contribution in [3.63, 3.8) is 0 Å². The first-order valence-corrected chi connectivity index (χ1v) is 8.61. The number of hydrogen-bond donors (Lipinski definition) is 1. The van der Waals surface area contributed by atoms with Gasteiger partial charge in [0.05, 0.1) is 11.4 Å². The molecule has 2 aliphatic carbocycles. The highest BCUT2D eigenvalue weighted by molar-refractivity contribution is 5.73. The molecule has 0 saturated heterocycles. The molecule has 1 aromatic carbocycles. The molecule has 3 aliphatic rings. The molecule has 4 rings (SSSR count). The highest BCUT2D eigenvalue weighted by Crippen LogP contribution is 2.44. The summed E-state index contributed by atoms with van der Waals surface area (Å²) in [6.45, 7) is 4.55. The summed E-state index contributed by atoms with van der Waals surface area (Å²) in [4.78, 5) is 4.93. The quantitative estimate of drug-likeness (QED) is 0.867. The van der Waals surface area contributed by atoms with E-state index in [-0.39, 0.29) is 0 Å². The molecule has 0 amide bonds. The molecule has 1 aliphatic heterocycles. The lowest BCUT2D eigenvalue weighted by Gasteiger charge is -2.37. The normalized spacial score (nSPS) is 21.8. The van der Waals surface area contributed by atoms with Crippen molar-refractivity contribution in [1.82, 2.24) is 5.32 Å². The first-order chi connectivity index (χ1) is 10.3. The molecule has 0 spiro atoms. The van der Waals surface area contributed by atoms with Gasteiger partial charge in [-0.1, -0.05) is 12.1 Å². The Morgan fingerprint density at radius 2 is 1.71 bits per heavy atom. The molecule has 3 nitrogen and oxygen atoms in total. The van der Waals surface area contributed by atoms with Gasteiger partial charge in [0.1, 0.15) is 0 Å². The lowest BCUT2D eigenvalue weighted by molar-refractivity contribution is 0.419. The van der Waals surface area contributed by atoms with E-state index in [1.165, 1.54) is 37.1 Å². The van der Waals surface area contributed by atoms with Crippen LogP contribution in [0.5, 0.6) is 0 Å². The predicted molar refractivity (Wildman–Crippen MR) is 89.2 cm³/mol. The van der Waals surface area contributed by atoms with Gasteiger partial charge in [0.2, 0.25) is 0 Å². The maximum Gasteiger partial charge on any atom is 0.0605 e. The molecule has 0 bridgehead atoms. The summed E-state index contributed by atoms with van der Waals surface area (Å²) in [6.07, 6.45) is 5.86. The van der Waals surface area contributed by atoms with Gasteiger partial charge in [-0.05, 0) is 49.7 Å². The number of likely N-dealkylation sites (N-methyl/N-ethyl adjacent to an activating group) is 1. The molecular weight excluding hydrogens is 258 g/mol. The van der Waals surface area contributed by atoms with Crippen LogP contribution in [0.15, 0.2) is 24.3 Å². The summed E-state index contributed by atoms with van der Waals surface area (Å²) in [5, 5.41) is 3.88. The topological polar surface area (TPSA) is 18.5 Å². The minimum Gasteiger partial charge on any atom is -0.371 e. The fourth-order valence-electron chi connectivity index (χ4n) is 3.79. The van der Waals surface area contributed by atoms with Gasteiger partial charge in [0.15, 0.2) is 0 Å². The van der Waals surface area contributed by atoms with Gasteiger partial charge in [0.25, 0.3) is 0 Å². The van der Waals surface area contributed by atoms with Gasteiger partial charge in [-0.25, -0.2) is 0 Å². The molecular formula is C18H27N3. The van der Waals surface area contributed by atoms with Crippen molar-refractivity contribution < 1.29 is 0 Å². The number of anilines is 2. The minimum atomic E-state index is 0.827. The Balaban J connectivity index is 1.35. The van der Waals surface area contributed by atoms with E-state index in [4.69, 9.17) is 0 Å². The monoisotopic (exact) mass is 285 g/mol. The van der Waals surface area contributed by atoms with Crippen molar-refractivity contribution in [2.24, 2.45) is 11.8 Å². The van der Waals surface area contributed by atoms with Gasteiger partial charge in [-0.15, -0.1) is 0 Å². The van der Waals surface area contributed by atoms with Crippen LogP contribution >= 0.6 is 0 Å². The zero-order chi connectivity index (χ0) is 14.2. The number of benzene rings is 1. The van der Waals surface area contributed by atoms with Crippen LogP contribution in [0, 0.1) is 11.8 Å². The SMILES string of the molecule is CN1CCN(CCNC(C2CC2)C2CC2)c2ccccc21. The number of hydrogen-bond acceptors (Lipinski definition) is 3. The fraction of sp³-hybridized carbons (Fsp3) is 0.667.